The van der Waals surface area contributed by atoms with Crippen LogP contribution in [-0.2, 0) is 21.2 Å². The maximum Gasteiger partial charge on any atom is 0.242 e. The van der Waals surface area contributed by atoms with E-state index in [0.717, 1.165) is 5.69 Å². The SMILES string of the molecule is O=C1CN(c2ccccc2)C2CS(=O)(=O)CC2N1Cc1ccco1. The van der Waals surface area contributed by atoms with Crippen molar-refractivity contribution in [3.05, 3.63) is 54.5 Å². The van der Waals surface area contributed by atoms with Gasteiger partial charge in [-0.3, -0.25) is 4.79 Å². The molecule has 24 heavy (non-hydrogen) atoms. The van der Waals surface area contributed by atoms with Crippen LogP contribution in [0, 0.1) is 0 Å². The molecule has 7 heteroatoms. The summed E-state index contributed by atoms with van der Waals surface area (Å²) in [5.41, 5.74) is 0.885. The Kier molecular flexibility index (Phi) is 3.60. The maximum absolute atomic E-state index is 12.7. The average molecular weight is 346 g/mol. The molecule has 2 aliphatic heterocycles. The fraction of sp³-hybridized carbons (Fsp3) is 0.353. The van der Waals surface area contributed by atoms with Gasteiger partial charge in [0.15, 0.2) is 9.84 Å². The standard InChI is InChI=1S/C17H18N2O4S/c20-17-10-18(13-5-2-1-3-6-13)15-11-24(21,22)12-16(15)19(17)9-14-7-4-8-23-14/h1-8,15-16H,9-12H2. The highest BCUT2D eigenvalue weighted by Crippen LogP contribution is 2.32. The molecule has 1 aromatic heterocycles. The molecule has 126 valence electrons. The summed E-state index contributed by atoms with van der Waals surface area (Å²) in [7, 11) is -3.17. The van der Waals surface area contributed by atoms with Crippen LogP contribution in [0.25, 0.3) is 0 Å². The van der Waals surface area contributed by atoms with E-state index in [0.29, 0.717) is 12.3 Å². The van der Waals surface area contributed by atoms with Gasteiger partial charge in [0.05, 0.1) is 42.9 Å². The highest BCUT2D eigenvalue weighted by Gasteiger charge is 2.49. The highest BCUT2D eigenvalue weighted by atomic mass is 32.2. The fourth-order valence-corrected chi connectivity index (χ4v) is 5.60. The Morgan fingerprint density at radius 2 is 1.79 bits per heavy atom. The Morgan fingerprint density at radius 3 is 2.50 bits per heavy atom. The van der Waals surface area contributed by atoms with Gasteiger partial charge in [0.25, 0.3) is 0 Å². The number of fused-ring (bicyclic) bond motifs is 1. The molecule has 0 radical (unpaired) electrons. The predicted octanol–water partition coefficient (Wildman–Crippen LogP) is 1.29. The molecule has 2 fully saturated rings. The number of carbonyl (C=O) groups is 1. The van der Waals surface area contributed by atoms with Gasteiger partial charge in [0.2, 0.25) is 5.91 Å². The van der Waals surface area contributed by atoms with E-state index >= 15 is 0 Å². The summed E-state index contributed by atoms with van der Waals surface area (Å²) >= 11 is 0. The Morgan fingerprint density at radius 1 is 1.04 bits per heavy atom. The number of hydrogen-bond donors (Lipinski definition) is 0. The number of furan rings is 1. The molecule has 2 aromatic rings. The molecule has 2 saturated heterocycles. The summed E-state index contributed by atoms with van der Waals surface area (Å²) in [6.45, 7) is 0.493. The second-order valence-corrected chi connectivity index (χ2v) is 8.43. The van der Waals surface area contributed by atoms with Gasteiger partial charge < -0.3 is 14.2 Å². The smallest absolute Gasteiger partial charge is 0.242 e. The van der Waals surface area contributed by atoms with Crippen molar-refractivity contribution < 1.29 is 17.6 Å². The monoisotopic (exact) mass is 346 g/mol. The molecule has 0 aliphatic carbocycles. The summed E-state index contributed by atoms with van der Waals surface area (Å²) in [5, 5.41) is 0. The van der Waals surface area contributed by atoms with E-state index in [2.05, 4.69) is 0 Å². The molecule has 6 nitrogen and oxygen atoms in total. The number of anilines is 1. The van der Waals surface area contributed by atoms with E-state index in [4.69, 9.17) is 4.42 Å². The first-order valence-corrected chi connectivity index (χ1v) is 9.70. The van der Waals surface area contributed by atoms with Crippen LogP contribution in [0.2, 0.25) is 0 Å². The van der Waals surface area contributed by atoms with Gasteiger partial charge in [-0.05, 0) is 24.3 Å². The lowest BCUT2D eigenvalue weighted by molar-refractivity contribution is -0.135. The molecular weight excluding hydrogens is 328 g/mol. The molecule has 0 saturated carbocycles. The number of carbonyl (C=O) groups excluding carboxylic acids is 1. The molecule has 0 spiro atoms. The average Bonchev–Trinajstić information content (AvgIpc) is 3.17. The second kappa shape index (κ2) is 5.66. The van der Waals surface area contributed by atoms with Gasteiger partial charge in [0, 0.05) is 5.69 Å². The van der Waals surface area contributed by atoms with Gasteiger partial charge in [-0.2, -0.15) is 0 Å². The second-order valence-electron chi connectivity index (χ2n) is 6.28. The molecular formula is C17H18N2O4S. The lowest BCUT2D eigenvalue weighted by Gasteiger charge is -2.44. The van der Waals surface area contributed by atoms with Crippen LogP contribution in [-0.4, -0.2) is 49.4 Å². The molecule has 1 aromatic carbocycles. The number of sulfone groups is 1. The van der Waals surface area contributed by atoms with Crippen molar-refractivity contribution in [2.75, 3.05) is 23.0 Å². The van der Waals surface area contributed by atoms with E-state index in [9.17, 15) is 13.2 Å². The summed E-state index contributed by atoms with van der Waals surface area (Å²) in [5.74, 6) is 0.676. The number of rotatable bonds is 3. The number of hydrogen-bond acceptors (Lipinski definition) is 5. The summed E-state index contributed by atoms with van der Waals surface area (Å²) in [6.07, 6.45) is 1.56. The van der Waals surface area contributed by atoms with Crippen molar-refractivity contribution in [2.45, 2.75) is 18.6 Å². The molecule has 2 atom stereocenters. The zero-order valence-corrected chi connectivity index (χ0v) is 13.9. The van der Waals surface area contributed by atoms with Crippen LogP contribution in [0.1, 0.15) is 5.76 Å². The molecule has 1 amide bonds. The van der Waals surface area contributed by atoms with Gasteiger partial charge in [-0.15, -0.1) is 0 Å². The third-order valence-electron chi connectivity index (χ3n) is 4.71. The van der Waals surface area contributed by atoms with Crippen LogP contribution in [0.15, 0.2) is 53.1 Å². The first-order chi connectivity index (χ1) is 11.5. The normalized spacial score (nSPS) is 25.8. The van der Waals surface area contributed by atoms with E-state index in [1.54, 1.807) is 23.3 Å². The van der Waals surface area contributed by atoms with Crippen molar-refractivity contribution in [2.24, 2.45) is 0 Å². The van der Waals surface area contributed by atoms with Crippen LogP contribution in [0.5, 0.6) is 0 Å². The van der Waals surface area contributed by atoms with E-state index in [1.165, 1.54) is 0 Å². The van der Waals surface area contributed by atoms with Gasteiger partial charge in [-0.25, -0.2) is 8.42 Å². The number of piperazine rings is 1. The fourth-order valence-electron chi connectivity index (χ4n) is 3.62. The number of nitrogens with zero attached hydrogens (tertiary/aromatic N) is 2. The summed E-state index contributed by atoms with van der Waals surface area (Å²) in [4.78, 5) is 16.3. The quantitative estimate of drug-likeness (QED) is 0.838. The van der Waals surface area contributed by atoms with Crippen LogP contribution < -0.4 is 4.90 Å². The number of para-hydroxylation sites is 1. The summed E-state index contributed by atoms with van der Waals surface area (Å²) < 4.78 is 29.8. The predicted molar refractivity (Wildman–Crippen MR) is 89.3 cm³/mol. The van der Waals surface area contributed by atoms with Gasteiger partial charge in [-0.1, -0.05) is 18.2 Å². The molecule has 0 bridgehead atoms. The Labute approximate surface area is 140 Å². The molecule has 4 rings (SSSR count). The van der Waals surface area contributed by atoms with Crippen LogP contribution in [0.3, 0.4) is 0 Å². The Balaban J connectivity index is 1.68. The highest BCUT2D eigenvalue weighted by molar-refractivity contribution is 7.91. The van der Waals surface area contributed by atoms with Gasteiger partial charge >= 0.3 is 0 Å². The van der Waals surface area contributed by atoms with Crippen molar-refractivity contribution in [1.29, 1.82) is 0 Å². The molecule has 2 aliphatic rings. The minimum atomic E-state index is -3.17. The van der Waals surface area contributed by atoms with Crippen molar-refractivity contribution >= 4 is 21.4 Å². The Bertz CT molecular complexity index is 833. The van der Waals surface area contributed by atoms with Gasteiger partial charge in [0.1, 0.15) is 5.76 Å². The topological polar surface area (TPSA) is 70.8 Å². The maximum atomic E-state index is 12.7. The lowest BCUT2D eigenvalue weighted by atomic mass is 10.0. The molecule has 3 heterocycles. The van der Waals surface area contributed by atoms with Crippen molar-refractivity contribution in [3.8, 4) is 0 Å². The molecule has 0 N–H and O–H groups in total. The largest absolute Gasteiger partial charge is 0.467 e. The first-order valence-electron chi connectivity index (χ1n) is 7.87. The van der Waals surface area contributed by atoms with Crippen LogP contribution in [0.4, 0.5) is 5.69 Å². The van der Waals surface area contributed by atoms with Crippen molar-refractivity contribution in [1.82, 2.24) is 4.90 Å². The van der Waals surface area contributed by atoms with E-state index < -0.39 is 9.84 Å². The van der Waals surface area contributed by atoms with Crippen LogP contribution >= 0.6 is 0 Å². The Hall–Kier alpha value is -2.28. The number of amides is 1. The first kappa shape index (κ1) is 15.3. The third kappa shape index (κ3) is 2.69. The van der Waals surface area contributed by atoms with Crippen molar-refractivity contribution in [3.63, 3.8) is 0 Å². The number of benzene rings is 1. The van der Waals surface area contributed by atoms with E-state index in [1.807, 2.05) is 35.2 Å². The molecule has 2 unspecified atom stereocenters. The van der Waals surface area contributed by atoms with E-state index in [-0.39, 0.29) is 36.0 Å². The summed E-state index contributed by atoms with van der Waals surface area (Å²) in [6, 6.07) is 12.5. The minimum Gasteiger partial charge on any atom is -0.467 e. The third-order valence-corrected chi connectivity index (χ3v) is 6.41. The lowest BCUT2D eigenvalue weighted by Crippen LogP contribution is -2.61. The zero-order valence-electron chi connectivity index (χ0n) is 13.0. The minimum absolute atomic E-state index is 0.00739. The zero-order chi connectivity index (χ0) is 16.7.